The summed E-state index contributed by atoms with van der Waals surface area (Å²) >= 11 is 5.60. The molecule has 0 bridgehead atoms. The van der Waals surface area contributed by atoms with Crippen molar-refractivity contribution in [2.24, 2.45) is 0 Å². The number of hydrogen-bond donors (Lipinski definition) is 0. The Morgan fingerprint density at radius 2 is 2.25 bits per heavy atom. The molecule has 0 aliphatic carbocycles. The fourth-order valence-electron chi connectivity index (χ4n) is 0.919. The number of nitro benzene ring substituents is 1. The van der Waals surface area contributed by atoms with E-state index in [1.165, 1.54) is 6.07 Å². The molecule has 4 heteroatoms. The molecule has 3 nitrogen and oxygen atoms in total. The molecular weight excluding hydrogens is 178 g/mol. The summed E-state index contributed by atoms with van der Waals surface area (Å²) in [6, 6.07) is 4.60. The van der Waals surface area contributed by atoms with Crippen LogP contribution >= 0.6 is 11.6 Å². The van der Waals surface area contributed by atoms with Gasteiger partial charge in [-0.2, -0.15) is 0 Å². The van der Waals surface area contributed by atoms with Crippen molar-refractivity contribution in [2.75, 3.05) is 0 Å². The highest BCUT2D eigenvalue weighted by Gasteiger charge is 2.11. The average Bonchev–Trinajstić information content (AvgIpc) is 2.04. The molecule has 1 aromatic carbocycles. The van der Waals surface area contributed by atoms with Gasteiger partial charge in [-0.1, -0.05) is 24.6 Å². The van der Waals surface area contributed by atoms with Gasteiger partial charge in [0, 0.05) is 16.7 Å². The van der Waals surface area contributed by atoms with Gasteiger partial charge in [0.15, 0.2) is 0 Å². The second-order valence-corrected chi connectivity index (χ2v) is 2.69. The van der Waals surface area contributed by atoms with Crippen LogP contribution in [0.15, 0.2) is 18.2 Å². The molecule has 0 heterocycles. The first-order valence-corrected chi connectivity index (χ1v) is 3.76. The van der Waals surface area contributed by atoms with E-state index >= 15 is 0 Å². The lowest BCUT2D eigenvalue weighted by atomic mass is 10.1. The molecule has 0 fully saturated rings. The van der Waals surface area contributed by atoms with Crippen LogP contribution in [0.1, 0.15) is 12.5 Å². The summed E-state index contributed by atoms with van der Waals surface area (Å²) < 4.78 is 0. The molecule has 0 aromatic heterocycles. The Balaban J connectivity index is 3.21. The molecule has 0 unspecified atom stereocenters. The number of rotatable bonds is 2. The molecule has 0 N–H and O–H groups in total. The van der Waals surface area contributed by atoms with E-state index in [0.717, 1.165) is 0 Å². The van der Waals surface area contributed by atoms with Crippen LogP contribution in [-0.2, 0) is 0 Å². The molecule has 0 amide bonds. The van der Waals surface area contributed by atoms with Crippen molar-refractivity contribution in [1.29, 1.82) is 0 Å². The van der Waals surface area contributed by atoms with Gasteiger partial charge in [-0.25, -0.2) is 0 Å². The summed E-state index contributed by atoms with van der Waals surface area (Å²) in [7, 11) is 0. The Morgan fingerprint density at radius 1 is 1.58 bits per heavy atom. The van der Waals surface area contributed by atoms with Crippen LogP contribution in [0.5, 0.6) is 0 Å². The molecule has 1 aromatic rings. The smallest absolute Gasteiger partial charge is 0.258 e. The summed E-state index contributed by atoms with van der Waals surface area (Å²) in [4.78, 5) is 10.0. The molecule has 0 saturated carbocycles. The average molecular weight is 185 g/mol. The van der Waals surface area contributed by atoms with Crippen LogP contribution in [0.4, 0.5) is 5.69 Å². The molecule has 0 saturated heterocycles. The minimum Gasteiger partial charge on any atom is -0.258 e. The highest BCUT2D eigenvalue weighted by molar-refractivity contribution is 6.30. The van der Waals surface area contributed by atoms with Gasteiger partial charge in [0.25, 0.3) is 5.69 Å². The zero-order chi connectivity index (χ0) is 9.14. The summed E-state index contributed by atoms with van der Waals surface area (Å²) in [5.41, 5.74) is 0.634. The normalized spacial score (nSPS) is 9.83. The lowest BCUT2D eigenvalue weighted by Gasteiger charge is -1.98. The maximum absolute atomic E-state index is 10.5. The van der Waals surface area contributed by atoms with E-state index < -0.39 is 4.92 Å². The molecule has 1 rings (SSSR count). The Morgan fingerprint density at radius 3 is 2.75 bits per heavy atom. The van der Waals surface area contributed by atoms with Crippen molar-refractivity contribution in [3.8, 4) is 0 Å². The fraction of sp³-hybridized carbons (Fsp3) is 0.125. The molecule has 0 aliphatic rings. The zero-order valence-corrected chi connectivity index (χ0v) is 7.21. The van der Waals surface area contributed by atoms with Crippen LogP contribution in [0.3, 0.4) is 0 Å². The highest BCUT2D eigenvalue weighted by Crippen LogP contribution is 2.23. The third-order valence-corrected chi connectivity index (χ3v) is 1.74. The summed E-state index contributed by atoms with van der Waals surface area (Å²) in [6.45, 7) is 1.75. The van der Waals surface area contributed by atoms with Crippen LogP contribution in [0.2, 0.25) is 5.02 Å². The van der Waals surface area contributed by atoms with E-state index in [0.29, 0.717) is 10.6 Å². The first kappa shape index (κ1) is 9.00. The van der Waals surface area contributed by atoms with Gasteiger partial charge in [-0.05, 0) is 12.5 Å². The molecule has 12 heavy (non-hydrogen) atoms. The molecule has 0 aliphatic heterocycles. The van der Waals surface area contributed by atoms with E-state index in [9.17, 15) is 10.1 Å². The van der Waals surface area contributed by atoms with Crippen LogP contribution in [0.25, 0.3) is 0 Å². The van der Waals surface area contributed by atoms with Crippen LogP contribution in [0, 0.1) is 16.5 Å². The standard InChI is InChI=1S/C8H7ClNO2/c1-2-6-3-4-7(9)5-8(6)10(11)12/h2-5H,1H3. The first-order chi connectivity index (χ1) is 5.65. The van der Waals surface area contributed by atoms with E-state index in [2.05, 4.69) is 0 Å². The monoisotopic (exact) mass is 184 g/mol. The van der Waals surface area contributed by atoms with Crippen molar-refractivity contribution in [2.45, 2.75) is 6.92 Å². The van der Waals surface area contributed by atoms with Crippen molar-refractivity contribution in [1.82, 2.24) is 0 Å². The number of nitro groups is 1. The van der Waals surface area contributed by atoms with Gasteiger partial charge in [0.05, 0.1) is 4.92 Å². The lowest BCUT2D eigenvalue weighted by Crippen LogP contribution is -1.92. The minimum atomic E-state index is -0.443. The topological polar surface area (TPSA) is 43.1 Å². The summed E-state index contributed by atoms with van der Waals surface area (Å²) in [6.07, 6.45) is 1.68. The third kappa shape index (κ3) is 1.74. The van der Waals surface area contributed by atoms with Gasteiger partial charge < -0.3 is 0 Å². The van der Waals surface area contributed by atoms with E-state index in [1.807, 2.05) is 0 Å². The molecular formula is C8H7ClNO2. The Labute approximate surface area is 75.1 Å². The number of benzene rings is 1. The van der Waals surface area contributed by atoms with Crippen molar-refractivity contribution >= 4 is 17.3 Å². The van der Waals surface area contributed by atoms with E-state index in [1.54, 1.807) is 25.5 Å². The number of nitrogens with zero attached hydrogens (tertiary/aromatic N) is 1. The largest absolute Gasteiger partial charge is 0.274 e. The maximum atomic E-state index is 10.5. The Hall–Kier alpha value is -1.09. The maximum Gasteiger partial charge on any atom is 0.274 e. The molecule has 0 atom stereocenters. The van der Waals surface area contributed by atoms with E-state index in [-0.39, 0.29) is 5.69 Å². The highest BCUT2D eigenvalue weighted by atomic mass is 35.5. The second kappa shape index (κ2) is 3.54. The second-order valence-electron chi connectivity index (χ2n) is 2.25. The SMILES string of the molecule is C[CH]c1ccc(Cl)cc1[N+](=O)[O-]. The van der Waals surface area contributed by atoms with E-state index in [4.69, 9.17) is 11.6 Å². The lowest BCUT2D eigenvalue weighted by molar-refractivity contribution is -0.385. The van der Waals surface area contributed by atoms with Crippen LogP contribution < -0.4 is 0 Å². The summed E-state index contributed by atoms with van der Waals surface area (Å²) in [5.74, 6) is 0. The Bertz CT molecular complexity index is 312. The van der Waals surface area contributed by atoms with Crippen molar-refractivity contribution in [3.63, 3.8) is 0 Å². The summed E-state index contributed by atoms with van der Waals surface area (Å²) in [5, 5.41) is 10.8. The quantitative estimate of drug-likeness (QED) is 0.524. The fourth-order valence-corrected chi connectivity index (χ4v) is 1.09. The molecule has 1 radical (unpaired) electrons. The zero-order valence-electron chi connectivity index (χ0n) is 6.45. The molecule has 0 spiro atoms. The van der Waals surface area contributed by atoms with Gasteiger partial charge in [0.1, 0.15) is 0 Å². The minimum absolute atomic E-state index is 0.0463. The van der Waals surface area contributed by atoms with Gasteiger partial charge >= 0.3 is 0 Å². The predicted octanol–water partition coefficient (Wildman–Crippen LogP) is 2.82. The number of hydrogen-bond acceptors (Lipinski definition) is 2. The van der Waals surface area contributed by atoms with Gasteiger partial charge in [0.2, 0.25) is 0 Å². The third-order valence-electron chi connectivity index (χ3n) is 1.50. The predicted molar refractivity (Wildman–Crippen MR) is 47.2 cm³/mol. The van der Waals surface area contributed by atoms with Gasteiger partial charge in [-0.15, -0.1) is 0 Å². The first-order valence-electron chi connectivity index (χ1n) is 3.38. The molecule has 63 valence electrons. The Kier molecular flexibility index (Phi) is 2.65. The van der Waals surface area contributed by atoms with Crippen molar-refractivity contribution in [3.05, 3.63) is 45.3 Å². The van der Waals surface area contributed by atoms with Crippen molar-refractivity contribution < 1.29 is 4.92 Å². The van der Waals surface area contributed by atoms with Crippen LogP contribution in [-0.4, -0.2) is 4.92 Å². The number of halogens is 1. The van der Waals surface area contributed by atoms with Gasteiger partial charge in [-0.3, -0.25) is 10.1 Å².